The van der Waals surface area contributed by atoms with Gasteiger partial charge in [0.2, 0.25) is 0 Å². The van der Waals surface area contributed by atoms with Crippen LogP contribution in [0.5, 0.6) is 0 Å². The minimum atomic E-state index is -4.43. The zero-order chi connectivity index (χ0) is 10.1. The summed E-state index contributed by atoms with van der Waals surface area (Å²) < 4.78 is 56.5. The van der Waals surface area contributed by atoms with E-state index in [0.717, 1.165) is 24.3 Å². The van der Waals surface area contributed by atoms with E-state index in [2.05, 4.69) is 0 Å². The van der Waals surface area contributed by atoms with E-state index < -0.39 is 22.8 Å². The quantitative estimate of drug-likeness (QED) is 0.458. The van der Waals surface area contributed by atoms with Gasteiger partial charge < -0.3 is 4.55 Å². The maximum absolute atomic E-state index is 12.0. The van der Waals surface area contributed by atoms with Crippen LogP contribution in [0, 0.1) is 0 Å². The van der Waals surface area contributed by atoms with Crippen molar-refractivity contribution in [2.24, 2.45) is 0 Å². The summed E-state index contributed by atoms with van der Waals surface area (Å²) in [6, 6.07) is 3.27. The van der Waals surface area contributed by atoms with Crippen molar-refractivity contribution >= 4 is 11.1 Å². The number of alkyl halides is 3. The van der Waals surface area contributed by atoms with E-state index in [9.17, 15) is 21.9 Å². The van der Waals surface area contributed by atoms with Gasteiger partial charge in [-0.3, -0.25) is 4.21 Å². The molecular formula is C7H4F3NaO2S. The summed E-state index contributed by atoms with van der Waals surface area (Å²) in [5.41, 5.74) is -0.860. The van der Waals surface area contributed by atoms with Crippen LogP contribution < -0.4 is 29.6 Å². The van der Waals surface area contributed by atoms with Crippen LogP contribution in [0.2, 0.25) is 0 Å². The Balaban J connectivity index is 0.00000169. The minimum Gasteiger partial charge on any atom is -0.768 e. The molecule has 1 rings (SSSR count). The van der Waals surface area contributed by atoms with Crippen molar-refractivity contribution in [3.63, 3.8) is 0 Å². The molecule has 0 saturated carbocycles. The topological polar surface area (TPSA) is 40.1 Å². The molecule has 2 nitrogen and oxygen atoms in total. The summed E-state index contributed by atoms with van der Waals surface area (Å²) in [4.78, 5) is -0.159. The Morgan fingerprint density at radius 3 is 1.86 bits per heavy atom. The number of rotatable bonds is 1. The van der Waals surface area contributed by atoms with Gasteiger partial charge in [0.25, 0.3) is 0 Å². The second kappa shape index (κ2) is 5.27. The molecule has 0 bridgehead atoms. The normalized spacial score (nSPS) is 13.1. The van der Waals surface area contributed by atoms with Crippen molar-refractivity contribution < 1.29 is 51.5 Å². The van der Waals surface area contributed by atoms with Gasteiger partial charge in [0.15, 0.2) is 0 Å². The number of hydrogen-bond donors (Lipinski definition) is 0. The molecule has 0 amide bonds. The molecular weight excluding hydrogens is 228 g/mol. The van der Waals surface area contributed by atoms with E-state index in [0.29, 0.717) is 0 Å². The van der Waals surface area contributed by atoms with Crippen LogP contribution in [0.3, 0.4) is 0 Å². The molecule has 0 aliphatic heterocycles. The molecule has 0 heterocycles. The van der Waals surface area contributed by atoms with Crippen LogP contribution in [0.1, 0.15) is 5.56 Å². The Kier molecular flexibility index (Phi) is 5.32. The molecule has 0 aliphatic carbocycles. The van der Waals surface area contributed by atoms with Gasteiger partial charge in [0.05, 0.1) is 5.56 Å². The predicted molar refractivity (Wildman–Crippen MR) is 38.6 cm³/mol. The van der Waals surface area contributed by atoms with Gasteiger partial charge in [0, 0.05) is 4.90 Å². The van der Waals surface area contributed by atoms with Gasteiger partial charge in [-0.1, -0.05) is 0 Å². The monoisotopic (exact) mass is 232 g/mol. The molecule has 0 saturated heterocycles. The number of benzene rings is 1. The summed E-state index contributed by atoms with van der Waals surface area (Å²) in [6.45, 7) is 0. The number of hydrogen-bond acceptors (Lipinski definition) is 2. The van der Waals surface area contributed by atoms with Crippen molar-refractivity contribution in [1.82, 2.24) is 0 Å². The molecule has 72 valence electrons. The fourth-order valence-electron chi connectivity index (χ4n) is 0.755. The zero-order valence-electron chi connectivity index (χ0n) is 7.17. The Hall–Kier alpha value is 0.120. The Morgan fingerprint density at radius 2 is 1.57 bits per heavy atom. The van der Waals surface area contributed by atoms with Crippen LogP contribution in [0.4, 0.5) is 13.2 Å². The third-order valence-electron chi connectivity index (χ3n) is 1.37. The van der Waals surface area contributed by atoms with Crippen molar-refractivity contribution in [3.8, 4) is 0 Å². The third kappa shape index (κ3) is 3.70. The smallest absolute Gasteiger partial charge is 0.768 e. The van der Waals surface area contributed by atoms with E-state index in [1.165, 1.54) is 0 Å². The van der Waals surface area contributed by atoms with Crippen molar-refractivity contribution in [1.29, 1.82) is 0 Å². The molecule has 0 spiro atoms. The van der Waals surface area contributed by atoms with Crippen LogP contribution in [0.15, 0.2) is 29.2 Å². The van der Waals surface area contributed by atoms with Crippen molar-refractivity contribution in [2.75, 3.05) is 0 Å². The Labute approximate surface area is 103 Å². The molecule has 0 radical (unpaired) electrons. The molecule has 14 heavy (non-hydrogen) atoms. The van der Waals surface area contributed by atoms with E-state index in [1.54, 1.807) is 0 Å². The molecule has 0 aliphatic rings. The van der Waals surface area contributed by atoms with Crippen LogP contribution in [-0.4, -0.2) is 8.76 Å². The largest absolute Gasteiger partial charge is 1.00 e. The van der Waals surface area contributed by atoms with E-state index in [1.807, 2.05) is 0 Å². The van der Waals surface area contributed by atoms with Gasteiger partial charge in [-0.25, -0.2) is 0 Å². The molecule has 1 unspecified atom stereocenters. The van der Waals surface area contributed by atoms with Gasteiger partial charge in [-0.05, 0) is 35.3 Å². The molecule has 7 heteroatoms. The maximum atomic E-state index is 12.0. The first-order valence-electron chi connectivity index (χ1n) is 3.18. The first-order chi connectivity index (χ1) is 5.91. The van der Waals surface area contributed by atoms with Gasteiger partial charge in [-0.15, -0.1) is 0 Å². The fourth-order valence-corrected chi connectivity index (χ4v) is 1.11. The minimum absolute atomic E-state index is 0. The molecule has 0 N–H and O–H groups in total. The summed E-state index contributed by atoms with van der Waals surface area (Å²) in [7, 11) is 0. The van der Waals surface area contributed by atoms with Gasteiger partial charge >= 0.3 is 35.7 Å². The summed E-state index contributed by atoms with van der Waals surface area (Å²) in [5.74, 6) is 0. The van der Waals surface area contributed by atoms with E-state index in [-0.39, 0.29) is 34.5 Å². The first-order valence-corrected chi connectivity index (χ1v) is 4.25. The van der Waals surface area contributed by atoms with E-state index >= 15 is 0 Å². The average molecular weight is 232 g/mol. The predicted octanol–water partition coefficient (Wildman–Crippen LogP) is -1.05. The maximum Gasteiger partial charge on any atom is 1.00 e. The zero-order valence-corrected chi connectivity index (χ0v) is 9.98. The SMILES string of the molecule is O=S([O-])c1ccc(C(F)(F)F)cc1.[Na+]. The summed E-state index contributed by atoms with van der Waals surface area (Å²) >= 11 is -2.48. The Bertz CT molecular complexity index is 323. The van der Waals surface area contributed by atoms with Crippen molar-refractivity contribution in [3.05, 3.63) is 29.8 Å². The second-order valence-electron chi connectivity index (χ2n) is 2.26. The average Bonchev–Trinajstić information content (AvgIpc) is 2.03. The van der Waals surface area contributed by atoms with Gasteiger partial charge in [-0.2, -0.15) is 13.2 Å². The van der Waals surface area contributed by atoms with Gasteiger partial charge in [0.1, 0.15) is 0 Å². The molecule has 1 atom stereocenters. The Morgan fingerprint density at radius 1 is 1.14 bits per heavy atom. The van der Waals surface area contributed by atoms with Crippen LogP contribution >= 0.6 is 0 Å². The molecule has 0 fully saturated rings. The standard InChI is InChI=1S/C7H5F3O2S.Na/c8-7(9,10)5-1-3-6(4-2-5)13(11)12;/h1-4H,(H,11,12);/q;+1/p-1. The molecule has 1 aromatic rings. The fraction of sp³-hybridized carbons (Fsp3) is 0.143. The molecule has 1 aromatic carbocycles. The summed E-state index contributed by atoms with van der Waals surface area (Å²) in [5, 5.41) is 0. The summed E-state index contributed by atoms with van der Waals surface area (Å²) in [6.07, 6.45) is -4.43. The van der Waals surface area contributed by atoms with Crippen LogP contribution in [0.25, 0.3) is 0 Å². The van der Waals surface area contributed by atoms with E-state index in [4.69, 9.17) is 0 Å². The number of halogens is 3. The van der Waals surface area contributed by atoms with Crippen molar-refractivity contribution in [2.45, 2.75) is 11.1 Å². The molecule has 0 aromatic heterocycles. The third-order valence-corrected chi connectivity index (χ3v) is 2.03. The first kappa shape index (κ1) is 14.1. The second-order valence-corrected chi connectivity index (χ2v) is 3.20. The van der Waals surface area contributed by atoms with Crippen LogP contribution in [-0.2, 0) is 17.3 Å².